The molecule has 0 radical (unpaired) electrons. The molecule has 0 spiro atoms. The van der Waals surface area contributed by atoms with Gasteiger partial charge in [-0.15, -0.1) is 0 Å². The third-order valence-corrected chi connectivity index (χ3v) is 4.36. The summed E-state index contributed by atoms with van der Waals surface area (Å²) in [4.78, 5) is 17.7. The van der Waals surface area contributed by atoms with E-state index in [9.17, 15) is 4.79 Å². The van der Waals surface area contributed by atoms with Crippen molar-refractivity contribution < 1.29 is 4.79 Å². The zero-order valence-corrected chi connectivity index (χ0v) is 12.9. The van der Waals surface area contributed by atoms with Gasteiger partial charge in [0.2, 0.25) is 0 Å². The number of carbonyl (C=O) groups excluding carboxylic acids is 1. The Kier molecular flexibility index (Phi) is 3.65. The summed E-state index contributed by atoms with van der Waals surface area (Å²) < 4.78 is 0. The number of aryl methyl sites for hydroxylation is 1. The first-order valence-electron chi connectivity index (χ1n) is 6.78. The molecule has 0 bridgehead atoms. The van der Waals surface area contributed by atoms with Crippen LogP contribution in [0.5, 0.6) is 0 Å². The molecule has 0 saturated carbocycles. The van der Waals surface area contributed by atoms with Crippen LogP contribution in [0.3, 0.4) is 0 Å². The summed E-state index contributed by atoms with van der Waals surface area (Å²) in [5, 5.41) is 0.505. The van der Waals surface area contributed by atoms with Crippen molar-refractivity contribution in [3.05, 3.63) is 65.4 Å². The van der Waals surface area contributed by atoms with E-state index >= 15 is 0 Å². The van der Waals surface area contributed by atoms with Gasteiger partial charge >= 0.3 is 0 Å². The average Bonchev–Trinajstić information content (AvgIpc) is 2.85. The van der Waals surface area contributed by atoms with Crippen molar-refractivity contribution in [3.8, 4) is 10.4 Å². The number of hydrogen-bond donors (Lipinski definition) is 2. The van der Waals surface area contributed by atoms with Crippen molar-refractivity contribution >= 4 is 27.9 Å². The Morgan fingerprint density at radius 3 is 2.41 bits per heavy atom. The summed E-state index contributed by atoms with van der Waals surface area (Å²) in [7, 11) is 0. The molecule has 0 saturated heterocycles. The van der Waals surface area contributed by atoms with Crippen LogP contribution in [0.2, 0.25) is 0 Å². The lowest BCUT2D eigenvalue weighted by molar-refractivity contribution is 0.103. The number of benzene rings is 2. The molecule has 0 fully saturated rings. The Labute approximate surface area is 132 Å². The van der Waals surface area contributed by atoms with Crippen LogP contribution in [0.25, 0.3) is 10.4 Å². The molecule has 0 amide bonds. The fourth-order valence-electron chi connectivity index (χ4n) is 2.36. The zero-order valence-electron chi connectivity index (χ0n) is 12.0. The van der Waals surface area contributed by atoms with Gasteiger partial charge in [-0.25, -0.2) is 4.98 Å². The molecule has 0 unspecified atom stereocenters. The lowest BCUT2D eigenvalue weighted by atomic mass is 10.00. The van der Waals surface area contributed by atoms with E-state index in [1.54, 1.807) is 18.2 Å². The largest absolute Gasteiger partial charge is 0.399 e. The van der Waals surface area contributed by atoms with Gasteiger partial charge in [0.1, 0.15) is 0 Å². The highest BCUT2D eigenvalue weighted by atomic mass is 32.1. The number of thiazole rings is 1. The van der Waals surface area contributed by atoms with Gasteiger partial charge in [-0.2, -0.15) is 0 Å². The Balaban J connectivity index is 2.08. The summed E-state index contributed by atoms with van der Waals surface area (Å²) in [5.41, 5.74) is 15.2. The number of ketones is 1. The van der Waals surface area contributed by atoms with Crippen molar-refractivity contribution in [2.24, 2.45) is 0 Å². The van der Waals surface area contributed by atoms with Gasteiger partial charge in [-0.05, 0) is 30.7 Å². The maximum Gasteiger partial charge on any atom is 0.193 e. The van der Waals surface area contributed by atoms with Gasteiger partial charge in [0.25, 0.3) is 0 Å². The van der Waals surface area contributed by atoms with Gasteiger partial charge < -0.3 is 11.5 Å². The Hall–Kier alpha value is -2.66. The highest BCUT2D eigenvalue weighted by molar-refractivity contribution is 7.18. The van der Waals surface area contributed by atoms with Crippen molar-refractivity contribution in [1.82, 2.24) is 4.98 Å². The Morgan fingerprint density at radius 2 is 1.77 bits per heavy atom. The van der Waals surface area contributed by atoms with E-state index in [1.807, 2.05) is 37.3 Å². The van der Waals surface area contributed by atoms with E-state index in [0.29, 0.717) is 21.9 Å². The highest BCUT2D eigenvalue weighted by Crippen LogP contribution is 2.33. The molecule has 3 aromatic rings. The fraction of sp³-hybridized carbons (Fsp3) is 0.0588. The fourth-order valence-corrected chi connectivity index (χ4v) is 3.18. The van der Waals surface area contributed by atoms with Crippen LogP contribution in [0, 0.1) is 6.92 Å². The molecule has 110 valence electrons. The standard InChI is InChI=1S/C17H15N3OS/c1-10-16(22-17(19)20-10)13-7-12(8-14(18)9-13)15(21)11-5-3-2-4-6-11/h2-9H,18H2,1H3,(H2,19,20). The first-order chi connectivity index (χ1) is 10.5. The van der Waals surface area contributed by atoms with Crippen LogP contribution < -0.4 is 11.5 Å². The zero-order chi connectivity index (χ0) is 15.7. The van der Waals surface area contributed by atoms with Crippen molar-refractivity contribution in [3.63, 3.8) is 0 Å². The second kappa shape index (κ2) is 5.61. The number of nitrogens with two attached hydrogens (primary N) is 2. The van der Waals surface area contributed by atoms with Crippen molar-refractivity contribution in [2.75, 3.05) is 11.5 Å². The number of nitrogens with zero attached hydrogens (tertiary/aromatic N) is 1. The molecule has 4 N–H and O–H groups in total. The number of carbonyl (C=O) groups is 1. The topological polar surface area (TPSA) is 82.0 Å². The quantitative estimate of drug-likeness (QED) is 0.573. The number of hydrogen-bond acceptors (Lipinski definition) is 5. The summed E-state index contributed by atoms with van der Waals surface area (Å²) >= 11 is 1.39. The Bertz CT molecular complexity index is 840. The summed E-state index contributed by atoms with van der Waals surface area (Å²) in [6, 6.07) is 14.5. The molecular formula is C17H15N3OS. The monoisotopic (exact) mass is 309 g/mol. The van der Waals surface area contributed by atoms with Gasteiger partial charge in [-0.1, -0.05) is 41.7 Å². The van der Waals surface area contributed by atoms with Crippen LogP contribution in [-0.2, 0) is 0 Å². The minimum atomic E-state index is -0.0516. The van der Waals surface area contributed by atoms with Gasteiger partial charge in [0.05, 0.1) is 10.6 Å². The second-order valence-corrected chi connectivity index (χ2v) is 6.04. The molecule has 2 aromatic carbocycles. The lowest BCUT2D eigenvalue weighted by Crippen LogP contribution is -2.02. The average molecular weight is 309 g/mol. The van der Waals surface area contributed by atoms with Gasteiger partial charge in [0.15, 0.2) is 10.9 Å². The van der Waals surface area contributed by atoms with E-state index in [2.05, 4.69) is 4.98 Å². The van der Waals surface area contributed by atoms with E-state index in [1.165, 1.54) is 11.3 Å². The lowest BCUT2D eigenvalue weighted by Gasteiger charge is -2.06. The molecule has 1 heterocycles. The predicted octanol–water partition coefficient (Wildman–Crippen LogP) is 3.51. The highest BCUT2D eigenvalue weighted by Gasteiger charge is 2.14. The van der Waals surface area contributed by atoms with Crippen LogP contribution in [0.1, 0.15) is 21.6 Å². The molecule has 0 aliphatic carbocycles. The van der Waals surface area contributed by atoms with Gasteiger partial charge in [-0.3, -0.25) is 4.79 Å². The maximum atomic E-state index is 12.6. The molecule has 3 rings (SSSR count). The summed E-state index contributed by atoms with van der Waals surface area (Å²) in [6.07, 6.45) is 0. The number of aromatic nitrogens is 1. The molecule has 0 atom stereocenters. The van der Waals surface area contributed by atoms with E-state index in [0.717, 1.165) is 16.1 Å². The third kappa shape index (κ3) is 2.71. The number of nitrogen functional groups attached to an aromatic ring is 2. The molecule has 1 aromatic heterocycles. The van der Waals surface area contributed by atoms with Gasteiger partial charge in [0, 0.05) is 16.8 Å². The second-order valence-electron chi connectivity index (χ2n) is 5.01. The number of anilines is 2. The third-order valence-electron chi connectivity index (χ3n) is 3.33. The summed E-state index contributed by atoms with van der Waals surface area (Å²) in [5.74, 6) is -0.0516. The van der Waals surface area contributed by atoms with Crippen molar-refractivity contribution in [2.45, 2.75) is 6.92 Å². The first kappa shape index (κ1) is 14.3. The normalized spacial score (nSPS) is 10.6. The molecule has 0 aliphatic rings. The van der Waals surface area contributed by atoms with Crippen LogP contribution >= 0.6 is 11.3 Å². The van der Waals surface area contributed by atoms with Crippen LogP contribution in [0.4, 0.5) is 10.8 Å². The molecule has 0 aliphatic heterocycles. The smallest absolute Gasteiger partial charge is 0.193 e. The number of rotatable bonds is 3. The minimum Gasteiger partial charge on any atom is -0.399 e. The molecular weight excluding hydrogens is 294 g/mol. The minimum absolute atomic E-state index is 0.0516. The maximum absolute atomic E-state index is 12.6. The molecule has 5 heteroatoms. The predicted molar refractivity (Wildman–Crippen MR) is 91.0 cm³/mol. The van der Waals surface area contributed by atoms with E-state index < -0.39 is 0 Å². The summed E-state index contributed by atoms with van der Waals surface area (Å²) in [6.45, 7) is 1.89. The molecule has 4 nitrogen and oxygen atoms in total. The van der Waals surface area contributed by atoms with Crippen LogP contribution in [-0.4, -0.2) is 10.8 Å². The first-order valence-corrected chi connectivity index (χ1v) is 7.60. The SMILES string of the molecule is Cc1nc(N)sc1-c1cc(N)cc(C(=O)c2ccccc2)c1. The van der Waals surface area contributed by atoms with E-state index in [4.69, 9.17) is 11.5 Å². The van der Waals surface area contributed by atoms with Crippen molar-refractivity contribution in [1.29, 1.82) is 0 Å². The van der Waals surface area contributed by atoms with E-state index in [-0.39, 0.29) is 5.78 Å². The Morgan fingerprint density at radius 1 is 1.05 bits per heavy atom. The molecule has 22 heavy (non-hydrogen) atoms. The van der Waals surface area contributed by atoms with Crippen LogP contribution in [0.15, 0.2) is 48.5 Å².